The van der Waals surface area contributed by atoms with E-state index in [-0.39, 0.29) is 0 Å². The minimum atomic E-state index is 0.509. The van der Waals surface area contributed by atoms with Gasteiger partial charge in [0.05, 0.1) is 6.26 Å². The highest BCUT2D eigenvalue weighted by atomic mass is 16.3. The van der Waals surface area contributed by atoms with Gasteiger partial charge in [0.2, 0.25) is 0 Å². The third kappa shape index (κ3) is 3.99. The third-order valence-corrected chi connectivity index (χ3v) is 3.03. The van der Waals surface area contributed by atoms with Crippen LogP contribution >= 0.6 is 0 Å². The molecule has 1 aromatic heterocycles. The fourth-order valence-corrected chi connectivity index (χ4v) is 1.81. The standard InChI is InChI=1S/C13H24N2O/c1-5-15(6-2)10-11(3)14-9-13-7-8-16-12(13)4/h7-8,11,14H,5-6,9-10H2,1-4H3. The number of nitrogens with one attached hydrogen (secondary N) is 1. The molecule has 0 saturated carbocycles. The van der Waals surface area contributed by atoms with Crippen LogP contribution in [0.5, 0.6) is 0 Å². The Hall–Kier alpha value is -0.800. The summed E-state index contributed by atoms with van der Waals surface area (Å²) in [6.07, 6.45) is 1.75. The monoisotopic (exact) mass is 224 g/mol. The second-order valence-corrected chi connectivity index (χ2v) is 4.27. The molecule has 1 atom stereocenters. The molecular weight excluding hydrogens is 200 g/mol. The van der Waals surface area contributed by atoms with E-state index in [4.69, 9.17) is 4.42 Å². The first-order chi connectivity index (χ1) is 7.67. The van der Waals surface area contributed by atoms with Crippen LogP contribution in [0.4, 0.5) is 0 Å². The molecule has 3 nitrogen and oxygen atoms in total. The summed E-state index contributed by atoms with van der Waals surface area (Å²) in [7, 11) is 0. The molecule has 1 unspecified atom stereocenters. The molecule has 1 rings (SSSR count). The maximum Gasteiger partial charge on any atom is 0.105 e. The number of rotatable bonds is 7. The van der Waals surface area contributed by atoms with Gasteiger partial charge in [-0.3, -0.25) is 0 Å². The predicted octanol–water partition coefficient (Wildman–Crippen LogP) is 2.41. The summed E-state index contributed by atoms with van der Waals surface area (Å²) < 4.78 is 5.27. The molecule has 0 amide bonds. The van der Waals surface area contributed by atoms with Gasteiger partial charge in [0.1, 0.15) is 5.76 Å². The van der Waals surface area contributed by atoms with Gasteiger partial charge in [-0.05, 0) is 33.0 Å². The molecular formula is C13H24N2O. The Morgan fingerprint density at radius 2 is 2.06 bits per heavy atom. The van der Waals surface area contributed by atoms with Crippen molar-refractivity contribution >= 4 is 0 Å². The molecule has 0 saturated heterocycles. The zero-order valence-corrected chi connectivity index (χ0v) is 10.9. The molecule has 0 aromatic carbocycles. The number of hydrogen-bond acceptors (Lipinski definition) is 3. The first kappa shape index (κ1) is 13.3. The summed E-state index contributed by atoms with van der Waals surface area (Å²) in [5, 5.41) is 3.52. The van der Waals surface area contributed by atoms with Crippen molar-refractivity contribution in [2.24, 2.45) is 0 Å². The molecule has 0 bridgehead atoms. The zero-order valence-electron chi connectivity index (χ0n) is 10.9. The van der Waals surface area contributed by atoms with Gasteiger partial charge in [0.25, 0.3) is 0 Å². The summed E-state index contributed by atoms with van der Waals surface area (Å²) in [6.45, 7) is 12.9. The minimum absolute atomic E-state index is 0.509. The summed E-state index contributed by atoms with van der Waals surface area (Å²) in [6, 6.07) is 2.54. The largest absolute Gasteiger partial charge is 0.469 e. The number of hydrogen-bond donors (Lipinski definition) is 1. The minimum Gasteiger partial charge on any atom is -0.469 e. The van der Waals surface area contributed by atoms with E-state index in [9.17, 15) is 0 Å². The van der Waals surface area contributed by atoms with E-state index in [1.54, 1.807) is 6.26 Å². The highest BCUT2D eigenvalue weighted by Gasteiger charge is 2.07. The number of furan rings is 1. The summed E-state index contributed by atoms with van der Waals surface area (Å²) >= 11 is 0. The van der Waals surface area contributed by atoms with E-state index in [2.05, 4.69) is 31.0 Å². The highest BCUT2D eigenvalue weighted by Crippen LogP contribution is 2.08. The molecule has 1 heterocycles. The predicted molar refractivity (Wildman–Crippen MR) is 67.5 cm³/mol. The fourth-order valence-electron chi connectivity index (χ4n) is 1.81. The van der Waals surface area contributed by atoms with Crippen LogP contribution in [-0.4, -0.2) is 30.6 Å². The van der Waals surface area contributed by atoms with Crippen LogP contribution in [0.1, 0.15) is 32.1 Å². The highest BCUT2D eigenvalue weighted by molar-refractivity contribution is 5.14. The fraction of sp³-hybridized carbons (Fsp3) is 0.692. The van der Waals surface area contributed by atoms with Gasteiger partial charge in [-0.25, -0.2) is 0 Å². The van der Waals surface area contributed by atoms with Crippen LogP contribution < -0.4 is 5.32 Å². The van der Waals surface area contributed by atoms with Crippen LogP contribution in [0.3, 0.4) is 0 Å². The summed E-state index contributed by atoms with van der Waals surface area (Å²) in [5.74, 6) is 1.02. The van der Waals surface area contributed by atoms with Crippen molar-refractivity contribution in [1.29, 1.82) is 0 Å². The molecule has 0 aliphatic heterocycles. The second kappa shape index (κ2) is 6.71. The van der Waals surface area contributed by atoms with Crippen LogP contribution in [0.25, 0.3) is 0 Å². The lowest BCUT2D eigenvalue weighted by molar-refractivity contribution is 0.270. The van der Waals surface area contributed by atoms with Gasteiger partial charge in [-0.2, -0.15) is 0 Å². The van der Waals surface area contributed by atoms with E-state index in [1.165, 1.54) is 5.56 Å². The van der Waals surface area contributed by atoms with Crippen molar-refractivity contribution in [1.82, 2.24) is 10.2 Å². The first-order valence-electron chi connectivity index (χ1n) is 6.16. The van der Waals surface area contributed by atoms with Crippen molar-refractivity contribution in [3.63, 3.8) is 0 Å². The van der Waals surface area contributed by atoms with Crippen LogP contribution in [0, 0.1) is 6.92 Å². The van der Waals surface area contributed by atoms with Gasteiger partial charge in [0, 0.05) is 24.7 Å². The Morgan fingerprint density at radius 3 is 2.56 bits per heavy atom. The van der Waals surface area contributed by atoms with E-state index in [0.29, 0.717) is 6.04 Å². The van der Waals surface area contributed by atoms with Crippen molar-refractivity contribution in [2.45, 2.75) is 40.3 Å². The normalized spacial score (nSPS) is 13.3. The average Bonchev–Trinajstić information content (AvgIpc) is 2.69. The smallest absolute Gasteiger partial charge is 0.105 e. The van der Waals surface area contributed by atoms with E-state index in [1.807, 2.05) is 13.0 Å². The summed E-state index contributed by atoms with van der Waals surface area (Å²) in [4.78, 5) is 2.43. The molecule has 3 heteroatoms. The van der Waals surface area contributed by atoms with Crippen LogP contribution in [-0.2, 0) is 6.54 Å². The summed E-state index contributed by atoms with van der Waals surface area (Å²) in [5.41, 5.74) is 1.26. The Morgan fingerprint density at radius 1 is 1.38 bits per heavy atom. The maximum absolute atomic E-state index is 5.27. The average molecular weight is 224 g/mol. The second-order valence-electron chi connectivity index (χ2n) is 4.27. The number of aryl methyl sites for hydroxylation is 1. The lowest BCUT2D eigenvalue weighted by Crippen LogP contribution is -2.38. The molecule has 1 aromatic rings. The van der Waals surface area contributed by atoms with Gasteiger partial charge >= 0.3 is 0 Å². The molecule has 16 heavy (non-hydrogen) atoms. The first-order valence-corrected chi connectivity index (χ1v) is 6.16. The van der Waals surface area contributed by atoms with E-state index < -0.39 is 0 Å². The molecule has 0 spiro atoms. The molecule has 0 fully saturated rings. The van der Waals surface area contributed by atoms with Crippen molar-refractivity contribution in [3.05, 3.63) is 23.7 Å². The molecule has 0 aliphatic rings. The van der Waals surface area contributed by atoms with Gasteiger partial charge in [-0.1, -0.05) is 13.8 Å². The lowest BCUT2D eigenvalue weighted by atomic mass is 10.2. The lowest BCUT2D eigenvalue weighted by Gasteiger charge is -2.23. The van der Waals surface area contributed by atoms with Crippen molar-refractivity contribution in [2.75, 3.05) is 19.6 Å². The Balaban J connectivity index is 2.30. The molecule has 0 aliphatic carbocycles. The van der Waals surface area contributed by atoms with E-state index >= 15 is 0 Å². The topological polar surface area (TPSA) is 28.4 Å². The quantitative estimate of drug-likeness (QED) is 0.771. The SMILES string of the molecule is CCN(CC)CC(C)NCc1ccoc1C. The van der Waals surface area contributed by atoms with Crippen molar-refractivity contribution in [3.8, 4) is 0 Å². The van der Waals surface area contributed by atoms with Gasteiger partial charge in [-0.15, -0.1) is 0 Å². The Kier molecular flexibility index (Phi) is 5.56. The Bertz CT molecular complexity index is 292. The van der Waals surface area contributed by atoms with Crippen LogP contribution in [0.15, 0.2) is 16.7 Å². The number of likely N-dealkylation sites (N-methyl/N-ethyl adjacent to an activating group) is 1. The maximum atomic E-state index is 5.27. The van der Waals surface area contributed by atoms with Gasteiger partial charge < -0.3 is 14.6 Å². The third-order valence-electron chi connectivity index (χ3n) is 3.03. The molecule has 1 N–H and O–H groups in total. The van der Waals surface area contributed by atoms with Gasteiger partial charge in [0.15, 0.2) is 0 Å². The van der Waals surface area contributed by atoms with Crippen molar-refractivity contribution < 1.29 is 4.42 Å². The van der Waals surface area contributed by atoms with E-state index in [0.717, 1.165) is 31.9 Å². The molecule has 0 radical (unpaired) electrons. The number of nitrogens with zero attached hydrogens (tertiary/aromatic N) is 1. The Labute approximate surface area is 98.8 Å². The van der Waals surface area contributed by atoms with Crippen LogP contribution in [0.2, 0.25) is 0 Å². The molecule has 92 valence electrons. The zero-order chi connectivity index (χ0) is 12.0.